The van der Waals surface area contributed by atoms with E-state index in [1.165, 1.54) is 4.90 Å². The SMILES string of the molecule is CCCCOC(=O)c1ccc(N2C[C@H](C(=O)OCC(=O)Nc3cccc(Cl)c3Cl)CC2=O)cc1. The van der Waals surface area contributed by atoms with Crippen molar-refractivity contribution in [3.63, 3.8) is 0 Å². The molecule has 180 valence electrons. The minimum Gasteiger partial charge on any atom is -0.462 e. The molecule has 1 saturated heterocycles. The Labute approximate surface area is 207 Å². The Kier molecular flexibility index (Phi) is 8.90. The van der Waals surface area contributed by atoms with Crippen LogP contribution in [0.5, 0.6) is 0 Å². The number of hydrogen-bond acceptors (Lipinski definition) is 6. The normalized spacial score (nSPS) is 15.2. The van der Waals surface area contributed by atoms with E-state index >= 15 is 0 Å². The molecule has 0 saturated carbocycles. The molecular weight excluding hydrogens is 483 g/mol. The van der Waals surface area contributed by atoms with Crippen LogP contribution in [0.15, 0.2) is 42.5 Å². The number of rotatable bonds is 9. The summed E-state index contributed by atoms with van der Waals surface area (Å²) in [4.78, 5) is 50.5. The lowest BCUT2D eigenvalue weighted by Gasteiger charge is -2.17. The summed E-state index contributed by atoms with van der Waals surface area (Å²) in [6.07, 6.45) is 1.68. The molecule has 2 amide bonds. The smallest absolute Gasteiger partial charge is 0.338 e. The van der Waals surface area contributed by atoms with Crippen LogP contribution in [-0.4, -0.2) is 43.5 Å². The van der Waals surface area contributed by atoms with Crippen LogP contribution in [0, 0.1) is 5.92 Å². The van der Waals surface area contributed by atoms with Crippen LogP contribution in [0.1, 0.15) is 36.5 Å². The van der Waals surface area contributed by atoms with Gasteiger partial charge >= 0.3 is 11.9 Å². The summed E-state index contributed by atoms with van der Waals surface area (Å²) in [5.41, 5.74) is 1.24. The quantitative estimate of drug-likeness (QED) is 0.397. The first-order valence-corrected chi connectivity index (χ1v) is 11.5. The Morgan fingerprint density at radius 1 is 1.09 bits per heavy atom. The molecular formula is C24H24Cl2N2O6. The van der Waals surface area contributed by atoms with Gasteiger partial charge in [-0.25, -0.2) is 4.79 Å². The van der Waals surface area contributed by atoms with Gasteiger partial charge < -0.3 is 19.7 Å². The van der Waals surface area contributed by atoms with Gasteiger partial charge in [0.15, 0.2) is 6.61 Å². The number of unbranched alkanes of at least 4 members (excludes halogenated alkanes) is 1. The van der Waals surface area contributed by atoms with Gasteiger partial charge in [-0.3, -0.25) is 14.4 Å². The molecule has 34 heavy (non-hydrogen) atoms. The molecule has 0 aromatic heterocycles. The van der Waals surface area contributed by atoms with Gasteiger partial charge in [-0.2, -0.15) is 0 Å². The van der Waals surface area contributed by atoms with Crippen molar-refractivity contribution in [2.45, 2.75) is 26.2 Å². The largest absolute Gasteiger partial charge is 0.462 e. The van der Waals surface area contributed by atoms with Crippen molar-refractivity contribution in [2.24, 2.45) is 5.92 Å². The Hall–Kier alpha value is -3.10. The lowest BCUT2D eigenvalue weighted by molar-refractivity contribution is -0.151. The number of carbonyl (C=O) groups is 4. The molecule has 2 aromatic rings. The first-order chi connectivity index (χ1) is 16.3. The van der Waals surface area contributed by atoms with Crippen molar-refractivity contribution >= 4 is 58.3 Å². The third-order valence-electron chi connectivity index (χ3n) is 5.18. The van der Waals surface area contributed by atoms with Gasteiger partial charge in [-0.1, -0.05) is 42.6 Å². The van der Waals surface area contributed by atoms with E-state index in [2.05, 4.69) is 5.32 Å². The van der Waals surface area contributed by atoms with Crippen molar-refractivity contribution in [3.05, 3.63) is 58.1 Å². The van der Waals surface area contributed by atoms with Gasteiger partial charge in [0.1, 0.15) is 0 Å². The molecule has 0 spiro atoms. The average molecular weight is 507 g/mol. The summed E-state index contributed by atoms with van der Waals surface area (Å²) in [5, 5.41) is 2.98. The van der Waals surface area contributed by atoms with Gasteiger partial charge in [-0.05, 0) is 42.8 Å². The van der Waals surface area contributed by atoms with E-state index in [-0.39, 0.29) is 28.9 Å². The zero-order valence-electron chi connectivity index (χ0n) is 18.5. The van der Waals surface area contributed by atoms with E-state index in [0.29, 0.717) is 23.5 Å². The van der Waals surface area contributed by atoms with Crippen LogP contribution in [0.2, 0.25) is 10.0 Å². The summed E-state index contributed by atoms with van der Waals surface area (Å²) in [6.45, 7) is 1.95. The lowest BCUT2D eigenvalue weighted by Crippen LogP contribution is -2.28. The number of amides is 2. The van der Waals surface area contributed by atoms with E-state index in [0.717, 1.165) is 12.8 Å². The second-order valence-corrected chi connectivity index (χ2v) is 8.48. The third kappa shape index (κ3) is 6.48. The van der Waals surface area contributed by atoms with Crippen molar-refractivity contribution in [1.82, 2.24) is 0 Å². The number of halogens is 2. The molecule has 0 aliphatic carbocycles. The second kappa shape index (κ2) is 11.9. The molecule has 1 aliphatic heterocycles. The standard InChI is InChI=1S/C24H24Cl2N2O6/c1-2-3-11-33-23(31)15-7-9-17(10-8-15)28-13-16(12-21(28)30)24(32)34-14-20(29)27-19-6-4-5-18(25)22(19)26/h4-10,16H,2-3,11-14H2,1H3,(H,27,29)/t16-/m1/s1. The minimum atomic E-state index is -0.714. The number of hydrogen-bond donors (Lipinski definition) is 1. The van der Waals surface area contributed by atoms with E-state index in [4.69, 9.17) is 32.7 Å². The number of carbonyl (C=O) groups excluding carboxylic acids is 4. The highest BCUT2D eigenvalue weighted by Crippen LogP contribution is 2.29. The molecule has 1 N–H and O–H groups in total. The topological polar surface area (TPSA) is 102 Å². The highest BCUT2D eigenvalue weighted by atomic mass is 35.5. The molecule has 2 aromatic carbocycles. The molecule has 10 heteroatoms. The molecule has 1 heterocycles. The van der Waals surface area contributed by atoms with Crippen LogP contribution in [0.3, 0.4) is 0 Å². The molecule has 0 radical (unpaired) electrons. The fraction of sp³-hybridized carbons (Fsp3) is 0.333. The molecule has 1 fully saturated rings. The van der Waals surface area contributed by atoms with Gasteiger partial charge in [0.05, 0.1) is 33.8 Å². The summed E-state index contributed by atoms with van der Waals surface area (Å²) >= 11 is 11.9. The number of nitrogens with one attached hydrogen (secondary N) is 1. The van der Waals surface area contributed by atoms with Crippen molar-refractivity contribution < 1.29 is 28.7 Å². The lowest BCUT2D eigenvalue weighted by atomic mass is 10.1. The molecule has 1 atom stereocenters. The van der Waals surface area contributed by atoms with Gasteiger partial charge in [0, 0.05) is 18.7 Å². The first-order valence-electron chi connectivity index (χ1n) is 10.8. The van der Waals surface area contributed by atoms with Crippen LogP contribution in [0.25, 0.3) is 0 Å². The minimum absolute atomic E-state index is 0.0403. The van der Waals surface area contributed by atoms with Gasteiger partial charge in [0.2, 0.25) is 5.91 Å². The number of nitrogens with zero attached hydrogens (tertiary/aromatic N) is 1. The van der Waals surface area contributed by atoms with Crippen LogP contribution >= 0.6 is 23.2 Å². The van der Waals surface area contributed by atoms with E-state index in [9.17, 15) is 19.2 Å². The number of esters is 2. The van der Waals surface area contributed by atoms with Gasteiger partial charge in [0.25, 0.3) is 5.91 Å². The maximum absolute atomic E-state index is 12.5. The molecule has 3 rings (SSSR count). The fourth-order valence-corrected chi connectivity index (χ4v) is 3.67. The highest BCUT2D eigenvalue weighted by molar-refractivity contribution is 6.44. The van der Waals surface area contributed by atoms with Crippen LogP contribution in [-0.2, 0) is 23.9 Å². The first kappa shape index (κ1) is 25.5. The van der Waals surface area contributed by atoms with E-state index < -0.39 is 30.4 Å². The van der Waals surface area contributed by atoms with Crippen LogP contribution < -0.4 is 10.2 Å². The number of benzene rings is 2. The zero-order chi connectivity index (χ0) is 24.7. The monoisotopic (exact) mass is 506 g/mol. The second-order valence-electron chi connectivity index (χ2n) is 7.70. The molecule has 1 aliphatic rings. The Bertz CT molecular complexity index is 1070. The highest BCUT2D eigenvalue weighted by Gasteiger charge is 2.36. The average Bonchev–Trinajstić information content (AvgIpc) is 3.22. The zero-order valence-corrected chi connectivity index (χ0v) is 20.0. The Balaban J connectivity index is 1.51. The molecule has 0 unspecified atom stereocenters. The fourth-order valence-electron chi connectivity index (χ4n) is 3.33. The summed E-state index contributed by atoms with van der Waals surface area (Å²) in [5.74, 6) is -2.63. The maximum atomic E-state index is 12.5. The van der Waals surface area contributed by atoms with Crippen molar-refractivity contribution in [2.75, 3.05) is 30.0 Å². The van der Waals surface area contributed by atoms with Gasteiger partial charge in [-0.15, -0.1) is 0 Å². The van der Waals surface area contributed by atoms with Crippen molar-refractivity contribution in [3.8, 4) is 0 Å². The summed E-state index contributed by atoms with van der Waals surface area (Å²) in [6, 6.07) is 11.2. The van der Waals surface area contributed by atoms with Crippen LogP contribution in [0.4, 0.5) is 11.4 Å². The predicted molar refractivity (Wildman–Crippen MR) is 128 cm³/mol. The maximum Gasteiger partial charge on any atom is 0.338 e. The number of anilines is 2. The predicted octanol–water partition coefficient (Wildman–Crippen LogP) is 4.49. The van der Waals surface area contributed by atoms with E-state index in [1.54, 1.807) is 42.5 Å². The molecule has 8 nitrogen and oxygen atoms in total. The molecule has 0 bridgehead atoms. The summed E-state index contributed by atoms with van der Waals surface area (Å²) in [7, 11) is 0. The number of ether oxygens (including phenoxy) is 2. The van der Waals surface area contributed by atoms with Crippen molar-refractivity contribution in [1.29, 1.82) is 0 Å². The Morgan fingerprint density at radius 2 is 1.82 bits per heavy atom. The summed E-state index contributed by atoms with van der Waals surface area (Å²) < 4.78 is 10.3. The Morgan fingerprint density at radius 3 is 2.53 bits per heavy atom. The third-order valence-corrected chi connectivity index (χ3v) is 5.99. The van der Waals surface area contributed by atoms with E-state index in [1.807, 2.05) is 6.92 Å².